The van der Waals surface area contributed by atoms with E-state index in [0.717, 1.165) is 41.7 Å². The second-order valence-electron chi connectivity index (χ2n) is 6.07. The predicted molar refractivity (Wildman–Crippen MR) is 108 cm³/mol. The minimum absolute atomic E-state index is 0.593. The average Bonchev–Trinajstić information content (AvgIpc) is 2.68. The van der Waals surface area contributed by atoms with Crippen molar-refractivity contribution in [2.45, 2.75) is 13.3 Å². The molecule has 0 fully saturated rings. The normalized spacial score (nSPS) is 10.3. The lowest BCUT2D eigenvalue weighted by molar-refractivity contribution is 0.414. The Morgan fingerprint density at radius 1 is 0.926 bits per heavy atom. The van der Waals surface area contributed by atoms with Crippen molar-refractivity contribution in [1.29, 1.82) is 0 Å². The number of nitrogens with one attached hydrogen (secondary N) is 2. The highest BCUT2D eigenvalue weighted by Gasteiger charge is 2.06. The minimum atomic E-state index is 0.593. The topological polar surface area (TPSA) is 68.3 Å². The first-order chi connectivity index (χ1) is 13.2. The number of aromatic nitrogens is 2. The SMILES string of the molecule is COc1cccc(CCNc2nc(C)cc(Nc3ccccc3OC)n2)c1. The van der Waals surface area contributed by atoms with Crippen LogP contribution in [0.3, 0.4) is 0 Å². The molecule has 0 spiro atoms. The van der Waals surface area contributed by atoms with Gasteiger partial charge >= 0.3 is 0 Å². The number of anilines is 3. The molecule has 6 heteroatoms. The van der Waals surface area contributed by atoms with Crippen LogP contribution >= 0.6 is 0 Å². The van der Waals surface area contributed by atoms with E-state index in [4.69, 9.17) is 9.47 Å². The first-order valence-electron chi connectivity index (χ1n) is 8.80. The molecule has 6 nitrogen and oxygen atoms in total. The molecule has 0 saturated carbocycles. The van der Waals surface area contributed by atoms with Gasteiger partial charge in [0.25, 0.3) is 0 Å². The van der Waals surface area contributed by atoms with Crippen LogP contribution < -0.4 is 20.1 Å². The van der Waals surface area contributed by atoms with Gasteiger partial charge in [-0.15, -0.1) is 0 Å². The van der Waals surface area contributed by atoms with Gasteiger partial charge in [-0.1, -0.05) is 24.3 Å². The van der Waals surface area contributed by atoms with Crippen molar-refractivity contribution in [2.75, 3.05) is 31.4 Å². The van der Waals surface area contributed by atoms with Gasteiger partial charge in [-0.2, -0.15) is 4.98 Å². The van der Waals surface area contributed by atoms with Crippen molar-refractivity contribution in [3.63, 3.8) is 0 Å². The zero-order valence-corrected chi connectivity index (χ0v) is 15.8. The molecule has 0 aliphatic rings. The van der Waals surface area contributed by atoms with Crippen LogP contribution in [-0.2, 0) is 6.42 Å². The Labute approximate surface area is 159 Å². The van der Waals surface area contributed by atoms with Gasteiger partial charge in [0.2, 0.25) is 5.95 Å². The van der Waals surface area contributed by atoms with Crippen LogP contribution in [0.2, 0.25) is 0 Å². The van der Waals surface area contributed by atoms with Crippen molar-refractivity contribution >= 4 is 17.5 Å². The summed E-state index contributed by atoms with van der Waals surface area (Å²) >= 11 is 0. The van der Waals surface area contributed by atoms with Gasteiger partial charge in [0.05, 0.1) is 19.9 Å². The predicted octanol–water partition coefficient (Wildman–Crippen LogP) is 4.20. The van der Waals surface area contributed by atoms with Crippen LogP contribution in [0.4, 0.5) is 17.5 Å². The van der Waals surface area contributed by atoms with Gasteiger partial charge in [-0.3, -0.25) is 0 Å². The van der Waals surface area contributed by atoms with E-state index >= 15 is 0 Å². The van der Waals surface area contributed by atoms with Gasteiger partial charge in [-0.05, 0) is 43.2 Å². The van der Waals surface area contributed by atoms with Crippen LogP contribution in [-0.4, -0.2) is 30.7 Å². The Hall–Kier alpha value is -3.28. The van der Waals surface area contributed by atoms with Gasteiger partial charge in [0.15, 0.2) is 0 Å². The third-order valence-electron chi connectivity index (χ3n) is 4.05. The Balaban J connectivity index is 1.66. The Kier molecular flexibility index (Phi) is 6.10. The molecule has 27 heavy (non-hydrogen) atoms. The molecule has 1 aromatic heterocycles. The highest BCUT2D eigenvalue weighted by atomic mass is 16.5. The molecule has 0 bridgehead atoms. The number of nitrogens with zero attached hydrogens (tertiary/aromatic N) is 2. The van der Waals surface area contributed by atoms with Crippen molar-refractivity contribution in [3.8, 4) is 11.5 Å². The van der Waals surface area contributed by atoms with Crippen LogP contribution in [0, 0.1) is 6.92 Å². The maximum absolute atomic E-state index is 5.38. The fourth-order valence-corrected chi connectivity index (χ4v) is 2.74. The second kappa shape index (κ2) is 8.89. The number of hydrogen-bond donors (Lipinski definition) is 2. The molecule has 0 radical (unpaired) electrons. The zero-order chi connectivity index (χ0) is 19.1. The van der Waals surface area contributed by atoms with Crippen molar-refractivity contribution < 1.29 is 9.47 Å². The fourth-order valence-electron chi connectivity index (χ4n) is 2.74. The summed E-state index contributed by atoms with van der Waals surface area (Å²) in [6.07, 6.45) is 0.851. The molecular formula is C21H24N4O2. The second-order valence-corrected chi connectivity index (χ2v) is 6.07. The summed E-state index contributed by atoms with van der Waals surface area (Å²) in [5, 5.41) is 6.59. The van der Waals surface area contributed by atoms with Crippen LogP contribution in [0.1, 0.15) is 11.3 Å². The van der Waals surface area contributed by atoms with Crippen LogP contribution in [0.5, 0.6) is 11.5 Å². The summed E-state index contributed by atoms with van der Waals surface area (Å²) in [6, 6.07) is 17.7. The molecule has 2 N–H and O–H groups in total. The number of para-hydroxylation sites is 2. The van der Waals surface area contributed by atoms with E-state index in [1.807, 2.05) is 55.5 Å². The van der Waals surface area contributed by atoms with E-state index in [9.17, 15) is 0 Å². The molecule has 0 amide bonds. The van der Waals surface area contributed by atoms with Gasteiger partial charge in [-0.25, -0.2) is 4.98 Å². The molecule has 0 aliphatic carbocycles. The summed E-state index contributed by atoms with van der Waals surface area (Å²) in [7, 11) is 3.32. The van der Waals surface area contributed by atoms with E-state index in [2.05, 4.69) is 26.7 Å². The molecule has 0 unspecified atom stereocenters. The third-order valence-corrected chi connectivity index (χ3v) is 4.05. The molecule has 3 aromatic rings. The number of rotatable bonds is 8. The van der Waals surface area contributed by atoms with E-state index in [0.29, 0.717) is 5.95 Å². The number of benzene rings is 2. The third kappa shape index (κ3) is 5.10. The average molecular weight is 364 g/mol. The van der Waals surface area contributed by atoms with E-state index < -0.39 is 0 Å². The van der Waals surface area contributed by atoms with Crippen molar-refractivity contribution in [1.82, 2.24) is 9.97 Å². The first-order valence-corrected chi connectivity index (χ1v) is 8.80. The zero-order valence-electron chi connectivity index (χ0n) is 15.8. The lowest BCUT2D eigenvalue weighted by atomic mass is 10.1. The van der Waals surface area contributed by atoms with E-state index in [1.165, 1.54) is 5.56 Å². The standard InChI is InChI=1S/C21H24N4O2/c1-15-13-20(24-18-9-4-5-10-19(18)27-3)25-21(23-15)22-12-11-16-7-6-8-17(14-16)26-2/h4-10,13-14H,11-12H2,1-3H3,(H2,22,23,24,25). The first kappa shape index (κ1) is 18.5. The quantitative estimate of drug-likeness (QED) is 0.624. The summed E-state index contributed by atoms with van der Waals surface area (Å²) in [4.78, 5) is 9.02. The lowest BCUT2D eigenvalue weighted by Crippen LogP contribution is -2.10. The summed E-state index contributed by atoms with van der Waals surface area (Å²) in [5.74, 6) is 2.94. The van der Waals surface area contributed by atoms with Gasteiger partial charge in [0.1, 0.15) is 17.3 Å². The molecule has 1 heterocycles. The highest BCUT2D eigenvalue weighted by Crippen LogP contribution is 2.26. The van der Waals surface area contributed by atoms with Gasteiger partial charge in [0, 0.05) is 18.3 Å². The molecule has 140 valence electrons. The molecular weight excluding hydrogens is 340 g/mol. The summed E-state index contributed by atoms with van der Waals surface area (Å²) in [5.41, 5.74) is 2.94. The fraction of sp³-hybridized carbons (Fsp3) is 0.238. The molecule has 2 aromatic carbocycles. The highest BCUT2D eigenvalue weighted by molar-refractivity contribution is 5.64. The van der Waals surface area contributed by atoms with Crippen LogP contribution in [0.15, 0.2) is 54.6 Å². The lowest BCUT2D eigenvalue weighted by Gasteiger charge is -2.12. The molecule has 0 atom stereocenters. The number of ether oxygens (including phenoxy) is 2. The number of methoxy groups -OCH3 is 2. The Bertz CT molecular complexity index is 899. The largest absolute Gasteiger partial charge is 0.497 e. The van der Waals surface area contributed by atoms with Gasteiger partial charge < -0.3 is 20.1 Å². The number of aryl methyl sites for hydroxylation is 1. The van der Waals surface area contributed by atoms with E-state index in [1.54, 1.807) is 14.2 Å². The van der Waals surface area contributed by atoms with Crippen LogP contribution in [0.25, 0.3) is 0 Å². The Morgan fingerprint density at radius 3 is 2.59 bits per heavy atom. The minimum Gasteiger partial charge on any atom is -0.497 e. The number of hydrogen-bond acceptors (Lipinski definition) is 6. The maximum Gasteiger partial charge on any atom is 0.224 e. The van der Waals surface area contributed by atoms with E-state index in [-0.39, 0.29) is 0 Å². The molecule has 0 aliphatic heterocycles. The monoisotopic (exact) mass is 364 g/mol. The smallest absolute Gasteiger partial charge is 0.224 e. The molecule has 0 saturated heterocycles. The summed E-state index contributed by atoms with van der Waals surface area (Å²) in [6.45, 7) is 2.67. The molecule has 3 rings (SSSR count). The Morgan fingerprint density at radius 2 is 1.78 bits per heavy atom. The maximum atomic E-state index is 5.38. The summed E-state index contributed by atoms with van der Waals surface area (Å²) < 4.78 is 10.6. The van der Waals surface area contributed by atoms with Crippen molar-refractivity contribution in [2.24, 2.45) is 0 Å². The van der Waals surface area contributed by atoms with Crippen molar-refractivity contribution in [3.05, 3.63) is 65.9 Å².